The van der Waals surface area contributed by atoms with Gasteiger partial charge < -0.3 is 19.9 Å². The van der Waals surface area contributed by atoms with Crippen molar-refractivity contribution in [2.75, 3.05) is 18.9 Å². The molecule has 5 nitrogen and oxygen atoms in total. The summed E-state index contributed by atoms with van der Waals surface area (Å²) in [5.41, 5.74) is 7.76. The first-order chi connectivity index (χ1) is 13.7. The number of rotatable bonds is 9. The molecule has 0 unspecified atom stereocenters. The van der Waals surface area contributed by atoms with E-state index >= 15 is 0 Å². The predicted molar refractivity (Wildman–Crippen MR) is 108 cm³/mol. The van der Waals surface area contributed by atoms with Crippen molar-refractivity contribution in [2.24, 2.45) is 0 Å². The number of carbonyl (C=O) groups excluding carboxylic acids is 1. The van der Waals surface area contributed by atoms with Crippen LogP contribution in [0.25, 0.3) is 0 Å². The Bertz CT molecular complexity index is 882. The minimum absolute atomic E-state index is 0.219. The van der Waals surface area contributed by atoms with Crippen LogP contribution < -0.4 is 15.2 Å². The quantitative estimate of drug-likeness (QED) is 0.338. The lowest BCUT2D eigenvalue weighted by Gasteiger charge is -2.11. The van der Waals surface area contributed by atoms with Crippen molar-refractivity contribution in [3.63, 3.8) is 0 Å². The van der Waals surface area contributed by atoms with E-state index in [-0.39, 0.29) is 6.61 Å². The zero-order chi connectivity index (χ0) is 19.6. The van der Waals surface area contributed by atoms with Gasteiger partial charge in [-0.1, -0.05) is 48.5 Å². The molecule has 28 heavy (non-hydrogen) atoms. The fourth-order valence-electron chi connectivity index (χ4n) is 2.54. The van der Waals surface area contributed by atoms with E-state index in [1.807, 2.05) is 60.7 Å². The average Bonchev–Trinajstić information content (AvgIpc) is 2.74. The molecule has 0 aliphatic carbocycles. The summed E-state index contributed by atoms with van der Waals surface area (Å²) in [6.07, 6.45) is 0.691. The van der Waals surface area contributed by atoms with Gasteiger partial charge in [-0.2, -0.15) is 0 Å². The molecular weight excluding hydrogens is 354 g/mol. The number of esters is 1. The van der Waals surface area contributed by atoms with E-state index in [1.54, 1.807) is 18.2 Å². The Labute approximate surface area is 164 Å². The van der Waals surface area contributed by atoms with Crippen molar-refractivity contribution in [1.29, 1.82) is 0 Å². The number of para-hydroxylation sites is 1. The number of benzene rings is 3. The third-order valence-corrected chi connectivity index (χ3v) is 4.02. The van der Waals surface area contributed by atoms with Gasteiger partial charge in [-0.25, -0.2) is 4.79 Å². The SMILES string of the molecule is Nc1ccc(C(=O)OCc2ccccc2)cc1OCCCOc1ccccc1. The van der Waals surface area contributed by atoms with Crippen LogP contribution in [-0.4, -0.2) is 19.2 Å². The van der Waals surface area contributed by atoms with Crippen LogP contribution in [0, 0.1) is 0 Å². The van der Waals surface area contributed by atoms with Gasteiger partial charge in [0.25, 0.3) is 0 Å². The lowest BCUT2D eigenvalue weighted by atomic mass is 10.2. The fraction of sp³-hybridized carbons (Fsp3) is 0.174. The number of nitrogens with two attached hydrogens (primary N) is 1. The summed E-state index contributed by atoms with van der Waals surface area (Å²) in [5, 5.41) is 0. The maximum absolute atomic E-state index is 12.3. The molecule has 0 amide bonds. The van der Waals surface area contributed by atoms with E-state index < -0.39 is 5.97 Å². The highest BCUT2D eigenvalue weighted by atomic mass is 16.5. The van der Waals surface area contributed by atoms with Gasteiger partial charge in [0.2, 0.25) is 0 Å². The Morgan fingerprint density at radius 3 is 2.25 bits per heavy atom. The highest BCUT2D eigenvalue weighted by Crippen LogP contribution is 2.23. The smallest absolute Gasteiger partial charge is 0.338 e. The van der Waals surface area contributed by atoms with Gasteiger partial charge in [-0.05, 0) is 35.9 Å². The molecule has 3 aromatic carbocycles. The molecule has 3 rings (SSSR count). The Kier molecular flexibility index (Phi) is 6.90. The predicted octanol–water partition coefficient (Wildman–Crippen LogP) is 4.47. The van der Waals surface area contributed by atoms with Gasteiger partial charge >= 0.3 is 5.97 Å². The Morgan fingerprint density at radius 2 is 1.50 bits per heavy atom. The third kappa shape index (κ3) is 5.77. The first-order valence-electron chi connectivity index (χ1n) is 9.13. The molecular formula is C23H23NO4. The topological polar surface area (TPSA) is 70.8 Å². The van der Waals surface area contributed by atoms with E-state index in [9.17, 15) is 4.79 Å². The zero-order valence-corrected chi connectivity index (χ0v) is 15.5. The summed E-state index contributed by atoms with van der Waals surface area (Å²) in [5.74, 6) is 0.875. The van der Waals surface area contributed by atoms with Crippen LogP contribution in [0.3, 0.4) is 0 Å². The number of hydrogen-bond donors (Lipinski definition) is 1. The average molecular weight is 377 g/mol. The fourth-order valence-corrected chi connectivity index (χ4v) is 2.54. The molecule has 0 bridgehead atoms. The maximum Gasteiger partial charge on any atom is 0.338 e. The van der Waals surface area contributed by atoms with Crippen LogP contribution in [0.2, 0.25) is 0 Å². The number of anilines is 1. The highest BCUT2D eigenvalue weighted by Gasteiger charge is 2.11. The standard InChI is InChI=1S/C23H23NO4/c24-21-13-12-19(23(25)28-17-18-8-3-1-4-9-18)16-22(21)27-15-7-14-26-20-10-5-2-6-11-20/h1-6,8-13,16H,7,14-15,17,24H2. The van der Waals surface area contributed by atoms with Crippen LogP contribution in [0.5, 0.6) is 11.5 Å². The van der Waals surface area contributed by atoms with Crippen LogP contribution in [0.1, 0.15) is 22.3 Å². The summed E-state index contributed by atoms with van der Waals surface area (Å²) < 4.78 is 16.7. The zero-order valence-electron chi connectivity index (χ0n) is 15.5. The second kappa shape index (κ2) is 10.0. The molecule has 0 spiro atoms. The molecule has 0 fully saturated rings. The molecule has 144 valence electrons. The van der Waals surface area contributed by atoms with Crippen LogP contribution >= 0.6 is 0 Å². The van der Waals surface area contributed by atoms with Crippen molar-refractivity contribution >= 4 is 11.7 Å². The van der Waals surface area contributed by atoms with E-state index in [2.05, 4.69) is 0 Å². The molecule has 0 aromatic heterocycles. The Balaban J connectivity index is 1.47. The van der Waals surface area contributed by atoms with Gasteiger partial charge in [0.1, 0.15) is 18.1 Å². The number of hydrogen-bond acceptors (Lipinski definition) is 5. The summed E-state index contributed by atoms with van der Waals surface area (Å²) in [4.78, 5) is 12.3. The molecule has 0 heterocycles. The first kappa shape index (κ1) is 19.3. The van der Waals surface area contributed by atoms with Crippen molar-refractivity contribution in [3.05, 3.63) is 90.0 Å². The molecule has 0 atom stereocenters. The lowest BCUT2D eigenvalue weighted by Crippen LogP contribution is -2.08. The molecule has 0 saturated heterocycles. The second-order valence-corrected chi connectivity index (χ2v) is 6.18. The Morgan fingerprint density at radius 1 is 0.821 bits per heavy atom. The molecule has 0 aliphatic rings. The van der Waals surface area contributed by atoms with Gasteiger partial charge in [0, 0.05) is 6.42 Å². The van der Waals surface area contributed by atoms with Crippen LogP contribution in [0.15, 0.2) is 78.9 Å². The summed E-state index contributed by atoms with van der Waals surface area (Å²) in [7, 11) is 0. The van der Waals surface area contributed by atoms with Gasteiger partial charge in [-0.3, -0.25) is 0 Å². The van der Waals surface area contributed by atoms with E-state index in [0.717, 1.165) is 11.3 Å². The van der Waals surface area contributed by atoms with Crippen LogP contribution in [-0.2, 0) is 11.3 Å². The minimum Gasteiger partial charge on any atom is -0.493 e. The summed E-state index contributed by atoms with van der Waals surface area (Å²) >= 11 is 0. The third-order valence-electron chi connectivity index (χ3n) is 4.02. The Hall–Kier alpha value is -3.47. The van der Waals surface area contributed by atoms with E-state index in [1.165, 1.54) is 0 Å². The van der Waals surface area contributed by atoms with E-state index in [0.29, 0.717) is 36.6 Å². The molecule has 0 aliphatic heterocycles. The molecule has 0 saturated carbocycles. The number of carbonyl (C=O) groups is 1. The number of ether oxygens (including phenoxy) is 3. The first-order valence-corrected chi connectivity index (χ1v) is 9.13. The molecule has 2 N–H and O–H groups in total. The van der Waals surface area contributed by atoms with Gasteiger partial charge in [0.05, 0.1) is 24.5 Å². The lowest BCUT2D eigenvalue weighted by molar-refractivity contribution is 0.0472. The number of nitrogen functional groups attached to an aromatic ring is 1. The molecule has 0 radical (unpaired) electrons. The molecule has 3 aromatic rings. The summed E-state index contributed by atoms with van der Waals surface area (Å²) in [6, 6.07) is 24.0. The summed E-state index contributed by atoms with van der Waals surface area (Å²) in [6.45, 7) is 1.18. The van der Waals surface area contributed by atoms with Crippen molar-refractivity contribution in [3.8, 4) is 11.5 Å². The van der Waals surface area contributed by atoms with Crippen molar-refractivity contribution in [2.45, 2.75) is 13.0 Å². The van der Waals surface area contributed by atoms with E-state index in [4.69, 9.17) is 19.9 Å². The molecule has 5 heteroatoms. The van der Waals surface area contributed by atoms with Gasteiger partial charge in [0.15, 0.2) is 0 Å². The maximum atomic E-state index is 12.3. The monoisotopic (exact) mass is 377 g/mol. The normalized spacial score (nSPS) is 10.3. The van der Waals surface area contributed by atoms with Crippen molar-refractivity contribution < 1.29 is 19.0 Å². The highest BCUT2D eigenvalue weighted by molar-refractivity contribution is 5.90. The second-order valence-electron chi connectivity index (χ2n) is 6.18. The largest absolute Gasteiger partial charge is 0.493 e. The minimum atomic E-state index is -0.416. The van der Waals surface area contributed by atoms with Crippen molar-refractivity contribution in [1.82, 2.24) is 0 Å². The van der Waals surface area contributed by atoms with Crippen LogP contribution in [0.4, 0.5) is 5.69 Å². The van der Waals surface area contributed by atoms with Gasteiger partial charge in [-0.15, -0.1) is 0 Å².